The summed E-state index contributed by atoms with van der Waals surface area (Å²) in [5.74, 6) is 0. The molecule has 0 saturated carbocycles. The number of benzene rings is 1. The van der Waals surface area contributed by atoms with Crippen LogP contribution in [0.3, 0.4) is 0 Å². The molecule has 2 heteroatoms. The first-order chi connectivity index (χ1) is 7.45. The molecule has 80 valence electrons. The SMILES string of the molecule is C(=CC1OCCO1)CCc1ccccc1. The highest BCUT2D eigenvalue weighted by Crippen LogP contribution is 2.07. The molecule has 0 spiro atoms. The molecule has 1 aromatic rings. The highest BCUT2D eigenvalue weighted by molar-refractivity contribution is 5.15. The van der Waals surface area contributed by atoms with Crippen LogP contribution in [0.15, 0.2) is 42.5 Å². The van der Waals surface area contributed by atoms with Crippen molar-refractivity contribution in [2.45, 2.75) is 19.1 Å². The van der Waals surface area contributed by atoms with Gasteiger partial charge in [-0.3, -0.25) is 0 Å². The van der Waals surface area contributed by atoms with Gasteiger partial charge in [0.25, 0.3) is 0 Å². The highest BCUT2D eigenvalue weighted by Gasteiger charge is 2.10. The molecular formula is C13H16O2. The van der Waals surface area contributed by atoms with Crippen molar-refractivity contribution in [3.63, 3.8) is 0 Å². The van der Waals surface area contributed by atoms with Crippen molar-refractivity contribution < 1.29 is 9.47 Å². The zero-order valence-electron chi connectivity index (χ0n) is 8.76. The Morgan fingerprint density at radius 3 is 2.60 bits per heavy atom. The summed E-state index contributed by atoms with van der Waals surface area (Å²) in [6, 6.07) is 10.5. The predicted octanol–water partition coefficient (Wildman–Crippen LogP) is 2.55. The van der Waals surface area contributed by atoms with Crippen LogP contribution < -0.4 is 0 Å². The molecule has 1 saturated heterocycles. The maximum absolute atomic E-state index is 5.30. The number of rotatable bonds is 4. The minimum absolute atomic E-state index is 0.110. The smallest absolute Gasteiger partial charge is 0.177 e. The Bertz CT molecular complexity index is 300. The van der Waals surface area contributed by atoms with Gasteiger partial charge in [-0.1, -0.05) is 36.4 Å². The first kappa shape index (κ1) is 10.4. The van der Waals surface area contributed by atoms with Gasteiger partial charge in [-0.15, -0.1) is 0 Å². The van der Waals surface area contributed by atoms with Crippen LogP contribution in [0.25, 0.3) is 0 Å². The predicted molar refractivity (Wildman–Crippen MR) is 59.6 cm³/mol. The largest absolute Gasteiger partial charge is 0.347 e. The molecule has 0 N–H and O–H groups in total. The monoisotopic (exact) mass is 204 g/mol. The normalized spacial score (nSPS) is 17.6. The summed E-state index contributed by atoms with van der Waals surface area (Å²) in [5.41, 5.74) is 1.37. The summed E-state index contributed by atoms with van der Waals surface area (Å²) in [5, 5.41) is 0. The van der Waals surface area contributed by atoms with E-state index < -0.39 is 0 Å². The molecule has 1 aliphatic rings. The van der Waals surface area contributed by atoms with Gasteiger partial charge in [0, 0.05) is 0 Å². The summed E-state index contributed by atoms with van der Waals surface area (Å²) in [6.07, 6.45) is 6.12. The van der Waals surface area contributed by atoms with Crippen LogP contribution in [0.5, 0.6) is 0 Å². The summed E-state index contributed by atoms with van der Waals surface area (Å²) in [6.45, 7) is 1.43. The molecule has 0 radical (unpaired) electrons. The second-order valence-electron chi connectivity index (χ2n) is 3.56. The third-order valence-electron chi connectivity index (χ3n) is 2.38. The second kappa shape index (κ2) is 5.69. The number of allylic oxidation sites excluding steroid dienone is 1. The molecule has 1 aromatic carbocycles. The molecular weight excluding hydrogens is 188 g/mol. The van der Waals surface area contributed by atoms with Crippen LogP contribution >= 0.6 is 0 Å². The summed E-state index contributed by atoms with van der Waals surface area (Å²) >= 11 is 0. The summed E-state index contributed by atoms with van der Waals surface area (Å²) in [7, 11) is 0. The molecule has 15 heavy (non-hydrogen) atoms. The quantitative estimate of drug-likeness (QED) is 0.702. The van der Waals surface area contributed by atoms with Crippen molar-refractivity contribution in [3.8, 4) is 0 Å². The molecule has 0 bridgehead atoms. The molecule has 2 rings (SSSR count). The van der Waals surface area contributed by atoms with Crippen molar-refractivity contribution >= 4 is 0 Å². The van der Waals surface area contributed by atoms with E-state index in [4.69, 9.17) is 9.47 Å². The highest BCUT2D eigenvalue weighted by atomic mass is 16.7. The van der Waals surface area contributed by atoms with Gasteiger partial charge in [-0.05, 0) is 24.5 Å². The van der Waals surface area contributed by atoms with Gasteiger partial charge >= 0.3 is 0 Å². The van der Waals surface area contributed by atoms with Gasteiger partial charge in [0.1, 0.15) is 0 Å². The lowest BCUT2D eigenvalue weighted by Crippen LogP contribution is -2.01. The molecule has 1 fully saturated rings. The van der Waals surface area contributed by atoms with Crippen LogP contribution in [0.1, 0.15) is 12.0 Å². The van der Waals surface area contributed by atoms with E-state index in [1.54, 1.807) is 0 Å². The average Bonchev–Trinajstić information content (AvgIpc) is 2.79. The zero-order valence-corrected chi connectivity index (χ0v) is 8.76. The van der Waals surface area contributed by atoms with Crippen LogP contribution in [-0.4, -0.2) is 19.5 Å². The maximum atomic E-state index is 5.30. The van der Waals surface area contributed by atoms with Gasteiger partial charge < -0.3 is 9.47 Å². The summed E-state index contributed by atoms with van der Waals surface area (Å²) < 4.78 is 10.6. The van der Waals surface area contributed by atoms with Gasteiger partial charge in [-0.2, -0.15) is 0 Å². The first-order valence-corrected chi connectivity index (χ1v) is 5.39. The third-order valence-corrected chi connectivity index (χ3v) is 2.38. The van der Waals surface area contributed by atoms with Gasteiger partial charge in [0.05, 0.1) is 13.2 Å². The van der Waals surface area contributed by atoms with Crippen molar-refractivity contribution in [2.75, 3.05) is 13.2 Å². The first-order valence-electron chi connectivity index (χ1n) is 5.39. The van der Waals surface area contributed by atoms with E-state index in [0.29, 0.717) is 13.2 Å². The van der Waals surface area contributed by atoms with E-state index >= 15 is 0 Å². The lowest BCUT2D eigenvalue weighted by Gasteiger charge is -2.01. The van der Waals surface area contributed by atoms with Crippen LogP contribution in [0.2, 0.25) is 0 Å². The summed E-state index contributed by atoms with van der Waals surface area (Å²) in [4.78, 5) is 0. The van der Waals surface area contributed by atoms with Crippen LogP contribution in [0, 0.1) is 0 Å². The Labute approximate surface area is 90.5 Å². The lowest BCUT2D eigenvalue weighted by molar-refractivity contribution is -0.00172. The topological polar surface area (TPSA) is 18.5 Å². The van der Waals surface area contributed by atoms with Gasteiger partial charge in [0.2, 0.25) is 0 Å². The molecule has 1 heterocycles. The van der Waals surface area contributed by atoms with Crippen molar-refractivity contribution in [3.05, 3.63) is 48.0 Å². The zero-order chi connectivity index (χ0) is 10.3. The van der Waals surface area contributed by atoms with E-state index in [1.165, 1.54) is 5.56 Å². The molecule has 0 atom stereocenters. The Kier molecular flexibility index (Phi) is 3.94. The lowest BCUT2D eigenvalue weighted by atomic mass is 10.1. The molecule has 0 amide bonds. The van der Waals surface area contributed by atoms with Crippen LogP contribution in [-0.2, 0) is 15.9 Å². The van der Waals surface area contributed by atoms with Crippen molar-refractivity contribution in [1.29, 1.82) is 0 Å². The van der Waals surface area contributed by atoms with E-state index in [9.17, 15) is 0 Å². The fraction of sp³-hybridized carbons (Fsp3) is 0.385. The van der Waals surface area contributed by atoms with Crippen LogP contribution in [0.4, 0.5) is 0 Å². The minimum atomic E-state index is -0.110. The maximum Gasteiger partial charge on any atom is 0.177 e. The Hall–Kier alpha value is -1.12. The average molecular weight is 204 g/mol. The molecule has 2 nitrogen and oxygen atoms in total. The molecule has 0 aliphatic carbocycles. The molecule has 0 aromatic heterocycles. The minimum Gasteiger partial charge on any atom is -0.347 e. The number of ether oxygens (including phenoxy) is 2. The van der Waals surface area contributed by atoms with Gasteiger partial charge in [0.15, 0.2) is 6.29 Å². The van der Waals surface area contributed by atoms with E-state index in [2.05, 4.69) is 30.3 Å². The van der Waals surface area contributed by atoms with E-state index in [1.807, 2.05) is 12.1 Å². The Morgan fingerprint density at radius 1 is 1.13 bits per heavy atom. The van der Waals surface area contributed by atoms with Crippen molar-refractivity contribution in [1.82, 2.24) is 0 Å². The van der Waals surface area contributed by atoms with Gasteiger partial charge in [-0.25, -0.2) is 0 Å². The number of aryl methyl sites for hydroxylation is 1. The van der Waals surface area contributed by atoms with E-state index in [-0.39, 0.29) is 6.29 Å². The van der Waals surface area contributed by atoms with Crippen molar-refractivity contribution in [2.24, 2.45) is 0 Å². The fourth-order valence-corrected chi connectivity index (χ4v) is 1.59. The second-order valence-corrected chi connectivity index (χ2v) is 3.56. The Morgan fingerprint density at radius 2 is 1.87 bits per heavy atom. The molecule has 1 aliphatic heterocycles. The molecule has 0 unspecified atom stereocenters. The number of hydrogen-bond donors (Lipinski definition) is 0. The number of hydrogen-bond acceptors (Lipinski definition) is 2. The standard InChI is InChI=1S/C13H16O2/c1-2-6-12(7-3-1)8-4-5-9-13-14-10-11-15-13/h1-3,5-7,9,13H,4,8,10-11H2. The third kappa shape index (κ3) is 3.50. The Balaban J connectivity index is 1.70. The van der Waals surface area contributed by atoms with E-state index in [0.717, 1.165) is 12.8 Å². The fourth-order valence-electron chi connectivity index (χ4n) is 1.59.